The van der Waals surface area contributed by atoms with Crippen molar-refractivity contribution in [3.05, 3.63) is 42.5 Å². The van der Waals surface area contributed by atoms with Gasteiger partial charge < -0.3 is 0 Å². The number of halogens is 2. The first-order valence-corrected chi connectivity index (χ1v) is 4.36. The maximum absolute atomic E-state index is 8.70. The van der Waals surface area contributed by atoms with Gasteiger partial charge in [-0.1, -0.05) is 43.0 Å². The molecular formula is C8H12Cl2O3P+. The van der Waals surface area contributed by atoms with Crippen molar-refractivity contribution in [2.24, 2.45) is 0 Å². The van der Waals surface area contributed by atoms with Crippen molar-refractivity contribution in [2.45, 2.75) is 0 Å². The fraction of sp³-hybridized carbons (Fsp3) is 0. The Bertz CT molecular complexity index is 250. The molecule has 0 aliphatic rings. The topological polar surface area (TPSA) is 57.5 Å². The summed E-state index contributed by atoms with van der Waals surface area (Å²) >= 11 is 0. The summed E-state index contributed by atoms with van der Waals surface area (Å²) in [4.78, 5) is 14.2. The molecule has 0 fully saturated rings. The molecule has 0 amide bonds. The van der Waals surface area contributed by atoms with Gasteiger partial charge in [-0.3, -0.25) is 0 Å². The third-order valence-corrected chi connectivity index (χ3v) is 1.04. The van der Waals surface area contributed by atoms with Crippen molar-refractivity contribution in [2.75, 3.05) is 0 Å². The molecule has 0 radical (unpaired) electrons. The smallest absolute Gasteiger partial charge is 0.147 e. The molecule has 1 rings (SSSR count). The van der Waals surface area contributed by atoms with Crippen LogP contribution >= 0.6 is 33.1 Å². The molecule has 1 aromatic rings. The van der Waals surface area contributed by atoms with Crippen LogP contribution in [0, 0.1) is 0 Å². The van der Waals surface area contributed by atoms with Crippen molar-refractivity contribution in [1.82, 2.24) is 0 Å². The third kappa shape index (κ3) is 14.1. The second-order valence-electron chi connectivity index (χ2n) is 1.87. The summed E-state index contributed by atoms with van der Waals surface area (Å²) in [5, 5.41) is 0. The standard InChI is InChI=1S/C8H8.2ClH.HO3P/c1-2-8-6-4-3-5-7-8;;;1-4(2)3/h2-7H,1H2;2*1H;(H-,1,2,3)/p+1. The molecule has 0 unspecified atom stereocenters. The second kappa shape index (κ2) is 12.6. The molecule has 1 aromatic carbocycles. The zero-order valence-corrected chi connectivity index (χ0v) is 9.77. The maximum Gasteiger partial charge on any atom is 0.692 e. The maximum atomic E-state index is 8.70. The Kier molecular flexibility index (Phi) is 17.2. The zero-order valence-electron chi connectivity index (χ0n) is 7.24. The fourth-order valence-electron chi connectivity index (χ4n) is 0.589. The molecule has 0 aliphatic heterocycles. The molecule has 0 saturated heterocycles. The summed E-state index contributed by atoms with van der Waals surface area (Å²) in [6, 6.07) is 10.0. The Hall–Kier alpha value is -0.440. The van der Waals surface area contributed by atoms with E-state index in [9.17, 15) is 0 Å². The summed E-state index contributed by atoms with van der Waals surface area (Å²) < 4.78 is 8.70. The first kappa shape index (κ1) is 19.2. The van der Waals surface area contributed by atoms with Crippen LogP contribution in [0.5, 0.6) is 0 Å². The molecule has 0 heterocycles. The highest BCUT2D eigenvalue weighted by molar-refractivity contribution is 7.30. The van der Waals surface area contributed by atoms with Crippen LogP contribution < -0.4 is 0 Å². The van der Waals surface area contributed by atoms with E-state index in [4.69, 9.17) is 14.4 Å². The molecule has 0 saturated carbocycles. The number of hydrogen-bond donors (Lipinski definition) is 2. The van der Waals surface area contributed by atoms with Gasteiger partial charge in [-0.15, -0.1) is 34.6 Å². The number of benzene rings is 1. The Morgan fingerprint density at radius 1 is 1.14 bits per heavy atom. The SMILES string of the molecule is C=Cc1ccccc1.Cl.Cl.O=[P+](O)O. The highest BCUT2D eigenvalue weighted by Crippen LogP contribution is 1.98. The highest BCUT2D eigenvalue weighted by Gasteiger charge is 1.93. The van der Waals surface area contributed by atoms with E-state index in [1.165, 1.54) is 5.56 Å². The van der Waals surface area contributed by atoms with Crippen molar-refractivity contribution >= 4 is 39.1 Å². The average molecular weight is 258 g/mol. The highest BCUT2D eigenvalue weighted by atomic mass is 35.5. The molecule has 3 nitrogen and oxygen atoms in total. The quantitative estimate of drug-likeness (QED) is 0.761. The van der Waals surface area contributed by atoms with Gasteiger partial charge in [0.2, 0.25) is 0 Å². The summed E-state index contributed by atoms with van der Waals surface area (Å²) in [5.74, 6) is 0. The van der Waals surface area contributed by atoms with Crippen LogP contribution in [0.25, 0.3) is 6.08 Å². The van der Waals surface area contributed by atoms with E-state index in [2.05, 4.69) is 6.58 Å². The Morgan fingerprint density at radius 3 is 1.71 bits per heavy atom. The lowest BCUT2D eigenvalue weighted by atomic mass is 10.2. The van der Waals surface area contributed by atoms with Gasteiger partial charge in [0.1, 0.15) is 0 Å². The van der Waals surface area contributed by atoms with Crippen LogP contribution in [-0.4, -0.2) is 9.79 Å². The molecule has 80 valence electrons. The van der Waals surface area contributed by atoms with Gasteiger partial charge in [0.15, 0.2) is 0 Å². The summed E-state index contributed by atoms with van der Waals surface area (Å²) in [6.07, 6.45) is 1.83. The minimum Gasteiger partial charge on any atom is -0.147 e. The normalized spacial score (nSPS) is 6.71. The van der Waals surface area contributed by atoms with Crippen molar-refractivity contribution < 1.29 is 14.4 Å². The molecule has 0 aromatic heterocycles. The van der Waals surface area contributed by atoms with E-state index >= 15 is 0 Å². The molecule has 14 heavy (non-hydrogen) atoms. The fourth-order valence-corrected chi connectivity index (χ4v) is 0.589. The molecule has 0 aliphatic carbocycles. The molecule has 0 spiro atoms. The monoisotopic (exact) mass is 257 g/mol. The minimum atomic E-state index is -2.87. The Balaban J connectivity index is -0.000000180. The Morgan fingerprint density at radius 2 is 1.50 bits per heavy atom. The van der Waals surface area contributed by atoms with E-state index < -0.39 is 8.25 Å². The van der Waals surface area contributed by atoms with Gasteiger partial charge in [0.05, 0.1) is 0 Å². The van der Waals surface area contributed by atoms with Crippen LogP contribution in [0.4, 0.5) is 0 Å². The van der Waals surface area contributed by atoms with Gasteiger partial charge in [-0.2, -0.15) is 0 Å². The van der Waals surface area contributed by atoms with Crippen LogP contribution in [0.2, 0.25) is 0 Å². The molecule has 0 bridgehead atoms. The van der Waals surface area contributed by atoms with Gasteiger partial charge in [-0.25, -0.2) is 0 Å². The second-order valence-corrected chi connectivity index (χ2v) is 2.37. The van der Waals surface area contributed by atoms with Gasteiger partial charge in [-0.05, 0) is 5.56 Å². The van der Waals surface area contributed by atoms with Crippen LogP contribution in [0.3, 0.4) is 0 Å². The molecule has 2 N–H and O–H groups in total. The van der Waals surface area contributed by atoms with Crippen molar-refractivity contribution in [3.63, 3.8) is 0 Å². The van der Waals surface area contributed by atoms with Gasteiger partial charge >= 0.3 is 8.25 Å². The largest absolute Gasteiger partial charge is 0.692 e. The van der Waals surface area contributed by atoms with E-state index in [-0.39, 0.29) is 24.8 Å². The van der Waals surface area contributed by atoms with Gasteiger partial charge in [0.25, 0.3) is 0 Å². The molecular weight excluding hydrogens is 246 g/mol. The van der Waals surface area contributed by atoms with Crippen LogP contribution in [-0.2, 0) is 4.57 Å². The Labute approximate surface area is 96.3 Å². The minimum absolute atomic E-state index is 0. The van der Waals surface area contributed by atoms with E-state index in [0.717, 1.165) is 0 Å². The van der Waals surface area contributed by atoms with Crippen molar-refractivity contribution in [3.8, 4) is 0 Å². The number of rotatable bonds is 1. The molecule has 0 atom stereocenters. The third-order valence-electron chi connectivity index (χ3n) is 1.04. The van der Waals surface area contributed by atoms with E-state index in [1.807, 2.05) is 36.4 Å². The van der Waals surface area contributed by atoms with Crippen LogP contribution in [0.15, 0.2) is 36.9 Å². The first-order chi connectivity index (χ1) is 5.66. The van der Waals surface area contributed by atoms with E-state index in [1.54, 1.807) is 0 Å². The van der Waals surface area contributed by atoms with E-state index in [0.29, 0.717) is 0 Å². The zero-order chi connectivity index (χ0) is 9.40. The number of hydrogen-bond acceptors (Lipinski definition) is 1. The summed E-state index contributed by atoms with van der Waals surface area (Å²) in [5.41, 5.74) is 1.17. The summed E-state index contributed by atoms with van der Waals surface area (Å²) in [6.45, 7) is 3.63. The van der Waals surface area contributed by atoms with Crippen LogP contribution in [0.1, 0.15) is 5.56 Å². The predicted octanol–water partition coefficient (Wildman–Crippen LogP) is 2.80. The lowest BCUT2D eigenvalue weighted by Crippen LogP contribution is -1.63. The first-order valence-electron chi connectivity index (χ1n) is 3.19. The lowest BCUT2D eigenvalue weighted by Gasteiger charge is -1.85. The van der Waals surface area contributed by atoms with Gasteiger partial charge in [0, 0.05) is 4.57 Å². The van der Waals surface area contributed by atoms with Crippen molar-refractivity contribution in [1.29, 1.82) is 0 Å². The summed E-state index contributed by atoms with van der Waals surface area (Å²) in [7, 11) is -2.87. The average Bonchev–Trinajstić information content (AvgIpc) is 2.05. The predicted molar refractivity (Wildman–Crippen MR) is 63.1 cm³/mol. The lowest BCUT2D eigenvalue weighted by molar-refractivity contribution is 0.405. The molecule has 6 heteroatoms.